The minimum Gasteiger partial charge on any atom is -0.490 e. The zero-order valence-corrected chi connectivity index (χ0v) is 16.2. The molecule has 0 spiro atoms. The van der Waals surface area contributed by atoms with E-state index < -0.39 is 6.10 Å². The molecule has 2 aromatic heterocycles. The molecule has 1 atom stereocenters. The van der Waals surface area contributed by atoms with Crippen LogP contribution in [0.1, 0.15) is 16.8 Å². The fraction of sp³-hybridized carbons (Fsp3) is 0.273. The second kappa shape index (κ2) is 7.13. The van der Waals surface area contributed by atoms with Crippen LogP contribution in [0.3, 0.4) is 0 Å². The van der Waals surface area contributed by atoms with Gasteiger partial charge in [0.25, 0.3) is 5.56 Å². The van der Waals surface area contributed by atoms with E-state index in [0.29, 0.717) is 11.0 Å². The highest BCUT2D eigenvalue weighted by Crippen LogP contribution is 2.22. The number of aromatic nitrogens is 3. The van der Waals surface area contributed by atoms with Crippen molar-refractivity contribution in [3.05, 3.63) is 75.7 Å². The number of benzene rings is 2. The van der Waals surface area contributed by atoms with Gasteiger partial charge in [0.15, 0.2) is 0 Å². The van der Waals surface area contributed by atoms with Crippen LogP contribution in [0.15, 0.2) is 53.3 Å². The first-order valence-electron chi connectivity index (χ1n) is 9.30. The number of para-hydroxylation sites is 2. The maximum atomic E-state index is 13.0. The van der Waals surface area contributed by atoms with Gasteiger partial charge in [0.1, 0.15) is 24.1 Å². The number of hydrogen-bond donors (Lipinski definition) is 1. The molecule has 6 nitrogen and oxygen atoms in total. The lowest BCUT2D eigenvalue weighted by molar-refractivity contribution is 0.0919. The molecule has 0 fully saturated rings. The van der Waals surface area contributed by atoms with E-state index in [9.17, 15) is 9.90 Å². The Bertz CT molecular complexity index is 1200. The molecule has 28 heavy (non-hydrogen) atoms. The summed E-state index contributed by atoms with van der Waals surface area (Å²) in [6.45, 7) is 6.06. The number of aliphatic hydroxyl groups is 1. The molecule has 1 N–H and O–H groups in total. The summed E-state index contributed by atoms with van der Waals surface area (Å²) in [4.78, 5) is 13.0. The summed E-state index contributed by atoms with van der Waals surface area (Å²) >= 11 is 0. The zero-order valence-electron chi connectivity index (χ0n) is 16.2. The third kappa shape index (κ3) is 3.16. The quantitative estimate of drug-likeness (QED) is 0.580. The van der Waals surface area contributed by atoms with Crippen LogP contribution in [0.25, 0.3) is 16.6 Å². The molecule has 0 saturated heterocycles. The Hall–Kier alpha value is -3.12. The number of nitrogens with zero attached hydrogens (tertiary/aromatic N) is 3. The molecular formula is C22H23N3O3. The Labute approximate surface area is 162 Å². The highest BCUT2D eigenvalue weighted by molar-refractivity contribution is 5.80. The summed E-state index contributed by atoms with van der Waals surface area (Å²) in [6, 6.07) is 15.1. The minimum atomic E-state index is -0.836. The summed E-state index contributed by atoms with van der Waals surface area (Å²) in [6.07, 6.45) is -0.836. The van der Waals surface area contributed by atoms with Gasteiger partial charge in [-0.15, -0.1) is 0 Å². The van der Waals surface area contributed by atoms with Gasteiger partial charge in [-0.2, -0.15) is 5.10 Å². The monoisotopic (exact) mass is 377 g/mol. The van der Waals surface area contributed by atoms with E-state index in [0.717, 1.165) is 28.1 Å². The Morgan fingerprint density at radius 3 is 2.54 bits per heavy atom. The molecule has 6 heteroatoms. The smallest absolute Gasteiger partial charge is 0.261 e. The van der Waals surface area contributed by atoms with Gasteiger partial charge in [0.2, 0.25) is 0 Å². The average Bonchev–Trinajstić information content (AvgIpc) is 3.06. The van der Waals surface area contributed by atoms with Gasteiger partial charge < -0.3 is 9.84 Å². The number of rotatable bonds is 5. The van der Waals surface area contributed by atoms with Crippen molar-refractivity contribution in [2.75, 3.05) is 6.61 Å². The van der Waals surface area contributed by atoms with E-state index in [1.165, 1.54) is 0 Å². The maximum Gasteiger partial charge on any atom is 0.261 e. The summed E-state index contributed by atoms with van der Waals surface area (Å²) in [7, 11) is 0. The molecule has 1 unspecified atom stereocenters. The van der Waals surface area contributed by atoms with E-state index in [1.807, 2.05) is 63.2 Å². The second-order valence-electron chi connectivity index (χ2n) is 7.17. The number of hydrogen-bond acceptors (Lipinski definition) is 4. The summed E-state index contributed by atoms with van der Waals surface area (Å²) in [5.41, 5.74) is 4.12. The van der Waals surface area contributed by atoms with E-state index >= 15 is 0 Å². The van der Waals surface area contributed by atoms with E-state index in [2.05, 4.69) is 5.10 Å². The van der Waals surface area contributed by atoms with Gasteiger partial charge in [-0.25, -0.2) is 4.52 Å². The number of aliphatic hydroxyl groups excluding tert-OH is 1. The van der Waals surface area contributed by atoms with Gasteiger partial charge in [-0.05, 0) is 44.0 Å². The minimum absolute atomic E-state index is 0.101. The van der Waals surface area contributed by atoms with Crippen molar-refractivity contribution in [1.29, 1.82) is 0 Å². The van der Waals surface area contributed by atoms with Crippen molar-refractivity contribution >= 4 is 16.6 Å². The van der Waals surface area contributed by atoms with Crippen LogP contribution >= 0.6 is 0 Å². The standard InChI is InChI=1S/C22H23N3O3/c1-14-7-6-8-15(2)21(14)28-13-17(26)12-24-20-11-16(3)23-25(20)19-10-5-4-9-18(19)22(24)27/h4-11,17,26H,12-13H2,1-3H3. The van der Waals surface area contributed by atoms with Crippen LogP contribution in [-0.2, 0) is 6.54 Å². The normalized spacial score (nSPS) is 12.6. The Morgan fingerprint density at radius 1 is 1.07 bits per heavy atom. The van der Waals surface area contributed by atoms with Crippen LogP contribution < -0.4 is 10.3 Å². The molecule has 0 bridgehead atoms. The van der Waals surface area contributed by atoms with Crippen molar-refractivity contribution in [2.45, 2.75) is 33.4 Å². The van der Waals surface area contributed by atoms with Crippen LogP contribution in [0.2, 0.25) is 0 Å². The molecule has 0 aliphatic heterocycles. The van der Waals surface area contributed by atoms with Gasteiger partial charge >= 0.3 is 0 Å². The first-order valence-corrected chi connectivity index (χ1v) is 9.30. The lowest BCUT2D eigenvalue weighted by Gasteiger charge is -2.17. The first kappa shape index (κ1) is 18.3. The summed E-state index contributed by atoms with van der Waals surface area (Å²) in [5, 5.41) is 15.7. The van der Waals surface area contributed by atoms with Crippen molar-refractivity contribution in [3.8, 4) is 5.75 Å². The van der Waals surface area contributed by atoms with Crippen molar-refractivity contribution < 1.29 is 9.84 Å². The third-order valence-electron chi connectivity index (χ3n) is 4.92. The van der Waals surface area contributed by atoms with Crippen molar-refractivity contribution in [2.24, 2.45) is 0 Å². The van der Waals surface area contributed by atoms with Gasteiger partial charge in [0, 0.05) is 6.07 Å². The van der Waals surface area contributed by atoms with Crippen molar-refractivity contribution in [1.82, 2.24) is 14.2 Å². The van der Waals surface area contributed by atoms with Gasteiger partial charge in [-0.3, -0.25) is 9.36 Å². The first-order chi connectivity index (χ1) is 13.5. The topological polar surface area (TPSA) is 68.8 Å². The van der Waals surface area contributed by atoms with E-state index in [1.54, 1.807) is 15.1 Å². The highest BCUT2D eigenvalue weighted by Gasteiger charge is 2.16. The molecule has 2 heterocycles. The predicted octanol–water partition coefficient (Wildman–Crippen LogP) is 3.01. The molecule has 144 valence electrons. The molecule has 0 saturated carbocycles. The summed E-state index contributed by atoms with van der Waals surface area (Å²) < 4.78 is 9.18. The second-order valence-corrected chi connectivity index (χ2v) is 7.17. The van der Waals surface area contributed by atoms with E-state index in [-0.39, 0.29) is 18.7 Å². The fourth-order valence-corrected chi connectivity index (χ4v) is 3.59. The fourth-order valence-electron chi connectivity index (χ4n) is 3.59. The molecule has 0 aliphatic carbocycles. The van der Waals surface area contributed by atoms with Gasteiger partial charge in [-0.1, -0.05) is 30.3 Å². The van der Waals surface area contributed by atoms with Crippen LogP contribution in [0.5, 0.6) is 5.75 Å². The zero-order chi connectivity index (χ0) is 19.8. The molecule has 4 rings (SSSR count). The maximum absolute atomic E-state index is 13.0. The van der Waals surface area contributed by atoms with Crippen LogP contribution in [-0.4, -0.2) is 32.0 Å². The van der Waals surface area contributed by atoms with E-state index in [4.69, 9.17) is 4.74 Å². The Kier molecular flexibility index (Phi) is 4.65. The molecule has 4 aromatic rings. The largest absolute Gasteiger partial charge is 0.490 e. The van der Waals surface area contributed by atoms with Crippen LogP contribution in [0, 0.1) is 20.8 Å². The molecule has 0 amide bonds. The number of ether oxygens (including phenoxy) is 1. The summed E-state index contributed by atoms with van der Waals surface area (Å²) in [5.74, 6) is 0.776. The Morgan fingerprint density at radius 2 is 1.79 bits per heavy atom. The molecule has 0 radical (unpaired) electrons. The third-order valence-corrected chi connectivity index (χ3v) is 4.92. The molecular weight excluding hydrogens is 354 g/mol. The molecule has 2 aromatic carbocycles. The lowest BCUT2D eigenvalue weighted by atomic mass is 10.1. The Balaban J connectivity index is 1.67. The van der Waals surface area contributed by atoms with Gasteiger partial charge in [0.05, 0.1) is 23.1 Å². The molecule has 0 aliphatic rings. The number of fused-ring (bicyclic) bond motifs is 3. The SMILES string of the molecule is Cc1cc2n(CC(O)COc3c(C)cccc3C)c(=O)c3ccccc3n2n1. The van der Waals surface area contributed by atoms with Crippen LogP contribution in [0.4, 0.5) is 0 Å². The highest BCUT2D eigenvalue weighted by atomic mass is 16.5. The number of aryl methyl sites for hydroxylation is 3. The average molecular weight is 377 g/mol. The van der Waals surface area contributed by atoms with Crippen molar-refractivity contribution in [3.63, 3.8) is 0 Å². The lowest BCUT2D eigenvalue weighted by Crippen LogP contribution is -2.31. The predicted molar refractivity (Wildman–Crippen MR) is 109 cm³/mol.